The number of hydrogen-bond acceptors (Lipinski definition) is 5. The van der Waals surface area contributed by atoms with Gasteiger partial charge in [-0.2, -0.15) is 5.10 Å². The standard InChI is InChI=1S/C19H20ClN3O4/c1-26-16-6-3-13(4-7-16)19(25)21-10-9-18(24)23-22-12-14-11-15(20)5-8-17(14)27-2/h3-8,11-12H,9-10H2,1-2H3,(H,21,25)(H,23,24). The number of rotatable bonds is 8. The number of carbonyl (C=O) groups excluding carboxylic acids is 2. The summed E-state index contributed by atoms with van der Waals surface area (Å²) < 4.78 is 10.2. The normalized spacial score (nSPS) is 10.5. The molecule has 27 heavy (non-hydrogen) atoms. The maximum Gasteiger partial charge on any atom is 0.251 e. The van der Waals surface area contributed by atoms with Crippen LogP contribution in [0.25, 0.3) is 0 Å². The van der Waals surface area contributed by atoms with Crippen molar-refractivity contribution in [1.82, 2.24) is 10.7 Å². The quantitative estimate of drug-likeness (QED) is 0.536. The second-order valence-electron chi connectivity index (χ2n) is 5.41. The Labute approximate surface area is 162 Å². The molecule has 0 unspecified atom stereocenters. The molecule has 2 aromatic carbocycles. The minimum absolute atomic E-state index is 0.0892. The van der Waals surface area contributed by atoms with E-state index in [1.807, 2.05) is 0 Å². The fourth-order valence-electron chi connectivity index (χ4n) is 2.17. The van der Waals surface area contributed by atoms with E-state index >= 15 is 0 Å². The van der Waals surface area contributed by atoms with Crippen molar-refractivity contribution in [2.45, 2.75) is 6.42 Å². The molecule has 0 saturated heterocycles. The van der Waals surface area contributed by atoms with Crippen molar-refractivity contribution >= 4 is 29.6 Å². The Bertz CT molecular complexity index is 822. The van der Waals surface area contributed by atoms with E-state index < -0.39 is 0 Å². The lowest BCUT2D eigenvalue weighted by atomic mass is 10.2. The van der Waals surface area contributed by atoms with Crippen LogP contribution in [0.3, 0.4) is 0 Å². The molecule has 2 rings (SSSR count). The fourth-order valence-corrected chi connectivity index (χ4v) is 2.35. The lowest BCUT2D eigenvalue weighted by Crippen LogP contribution is -2.29. The van der Waals surface area contributed by atoms with Gasteiger partial charge in [-0.1, -0.05) is 11.6 Å². The SMILES string of the molecule is COc1ccc(C(=O)NCCC(=O)NN=Cc2cc(Cl)ccc2OC)cc1. The summed E-state index contributed by atoms with van der Waals surface area (Å²) >= 11 is 5.93. The van der Waals surface area contributed by atoms with Crippen molar-refractivity contribution in [2.24, 2.45) is 5.10 Å². The van der Waals surface area contributed by atoms with E-state index in [1.165, 1.54) is 13.3 Å². The largest absolute Gasteiger partial charge is 0.497 e. The first-order chi connectivity index (χ1) is 13.0. The van der Waals surface area contributed by atoms with Gasteiger partial charge in [-0.05, 0) is 42.5 Å². The molecule has 0 saturated carbocycles. The highest BCUT2D eigenvalue weighted by atomic mass is 35.5. The topological polar surface area (TPSA) is 89.0 Å². The summed E-state index contributed by atoms with van der Waals surface area (Å²) in [7, 11) is 3.09. The maximum atomic E-state index is 12.0. The van der Waals surface area contributed by atoms with Crippen LogP contribution in [0, 0.1) is 0 Å². The van der Waals surface area contributed by atoms with Crippen LogP contribution in [0.2, 0.25) is 5.02 Å². The second-order valence-corrected chi connectivity index (χ2v) is 5.85. The minimum atomic E-state index is -0.331. The molecule has 7 nitrogen and oxygen atoms in total. The molecule has 0 fully saturated rings. The van der Waals surface area contributed by atoms with E-state index in [4.69, 9.17) is 21.1 Å². The average molecular weight is 390 g/mol. The summed E-state index contributed by atoms with van der Waals surface area (Å²) in [6.45, 7) is 0.187. The van der Waals surface area contributed by atoms with Gasteiger partial charge >= 0.3 is 0 Å². The van der Waals surface area contributed by atoms with Gasteiger partial charge in [-0.3, -0.25) is 9.59 Å². The monoisotopic (exact) mass is 389 g/mol. The molecule has 2 aromatic rings. The first-order valence-electron chi connectivity index (χ1n) is 8.11. The van der Waals surface area contributed by atoms with Crippen LogP contribution in [-0.4, -0.2) is 38.8 Å². The molecule has 8 heteroatoms. The second kappa shape index (κ2) is 10.2. The Balaban J connectivity index is 1.77. The van der Waals surface area contributed by atoms with Gasteiger partial charge in [0, 0.05) is 29.1 Å². The third-order valence-electron chi connectivity index (χ3n) is 3.57. The maximum absolute atomic E-state index is 12.0. The van der Waals surface area contributed by atoms with Gasteiger partial charge in [0.1, 0.15) is 11.5 Å². The zero-order valence-corrected chi connectivity index (χ0v) is 15.7. The van der Waals surface area contributed by atoms with Crippen molar-refractivity contribution in [1.29, 1.82) is 0 Å². The van der Waals surface area contributed by atoms with Gasteiger partial charge < -0.3 is 14.8 Å². The summed E-state index contributed by atoms with van der Waals surface area (Å²) in [6.07, 6.45) is 1.53. The highest BCUT2D eigenvalue weighted by Crippen LogP contribution is 2.20. The van der Waals surface area contributed by atoms with Crippen molar-refractivity contribution in [3.63, 3.8) is 0 Å². The first kappa shape index (κ1) is 20.3. The van der Waals surface area contributed by atoms with Gasteiger partial charge in [0.05, 0.1) is 20.4 Å². The Morgan fingerprint density at radius 3 is 2.52 bits per heavy atom. The van der Waals surface area contributed by atoms with Crippen LogP contribution >= 0.6 is 11.6 Å². The number of halogens is 1. The van der Waals surface area contributed by atoms with Crippen LogP contribution in [0.4, 0.5) is 0 Å². The zero-order chi connectivity index (χ0) is 19.6. The summed E-state index contributed by atoms with van der Waals surface area (Å²) in [5, 5.41) is 7.08. The van der Waals surface area contributed by atoms with Gasteiger partial charge in [-0.15, -0.1) is 0 Å². The fraction of sp³-hybridized carbons (Fsp3) is 0.211. The number of methoxy groups -OCH3 is 2. The van der Waals surface area contributed by atoms with Crippen LogP contribution in [0.1, 0.15) is 22.3 Å². The number of nitrogens with zero attached hydrogens (tertiary/aromatic N) is 1. The van der Waals surface area contributed by atoms with E-state index in [0.29, 0.717) is 27.6 Å². The molecule has 0 aliphatic rings. The number of carbonyl (C=O) groups is 2. The van der Waals surface area contributed by atoms with Crippen molar-refractivity contribution in [3.05, 3.63) is 58.6 Å². The molecule has 142 valence electrons. The summed E-state index contributed by atoms with van der Waals surface area (Å²) in [5.41, 5.74) is 3.52. The number of ether oxygens (including phenoxy) is 2. The predicted octanol–water partition coefficient (Wildman–Crippen LogP) is 2.63. The van der Waals surface area contributed by atoms with Gasteiger partial charge in [0.2, 0.25) is 5.91 Å². The molecule has 0 radical (unpaired) electrons. The Morgan fingerprint density at radius 1 is 1.11 bits per heavy atom. The Kier molecular flexibility index (Phi) is 7.63. The van der Waals surface area contributed by atoms with Gasteiger partial charge in [0.25, 0.3) is 5.91 Å². The molecule has 0 aliphatic carbocycles. The molecule has 0 aromatic heterocycles. The van der Waals surface area contributed by atoms with Gasteiger partial charge in [0.15, 0.2) is 0 Å². The van der Waals surface area contributed by atoms with E-state index in [0.717, 1.165) is 0 Å². The Hall–Kier alpha value is -3.06. The highest BCUT2D eigenvalue weighted by molar-refractivity contribution is 6.30. The third kappa shape index (κ3) is 6.31. The molecule has 0 heterocycles. The van der Waals surface area contributed by atoms with Gasteiger partial charge in [-0.25, -0.2) is 5.43 Å². The first-order valence-corrected chi connectivity index (χ1v) is 8.49. The van der Waals surface area contributed by atoms with E-state index in [1.54, 1.807) is 49.6 Å². The lowest BCUT2D eigenvalue weighted by Gasteiger charge is -2.06. The predicted molar refractivity (Wildman–Crippen MR) is 104 cm³/mol. The lowest BCUT2D eigenvalue weighted by molar-refractivity contribution is -0.120. The van der Waals surface area contributed by atoms with Crippen molar-refractivity contribution in [3.8, 4) is 11.5 Å². The molecule has 2 amide bonds. The number of nitrogens with one attached hydrogen (secondary N) is 2. The van der Waals surface area contributed by atoms with Crippen LogP contribution < -0.4 is 20.2 Å². The molecule has 0 spiro atoms. The number of benzene rings is 2. The highest BCUT2D eigenvalue weighted by Gasteiger charge is 2.07. The molecule has 2 N–H and O–H groups in total. The van der Waals surface area contributed by atoms with Crippen LogP contribution in [-0.2, 0) is 4.79 Å². The summed E-state index contributed by atoms with van der Waals surface area (Å²) in [4.78, 5) is 23.8. The zero-order valence-electron chi connectivity index (χ0n) is 15.0. The molecule has 0 atom stereocenters. The smallest absolute Gasteiger partial charge is 0.251 e. The Morgan fingerprint density at radius 2 is 1.85 bits per heavy atom. The molecule has 0 bridgehead atoms. The average Bonchev–Trinajstić information content (AvgIpc) is 2.68. The minimum Gasteiger partial charge on any atom is -0.497 e. The number of hydrogen-bond donors (Lipinski definition) is 2. The third-order valence-corrected chi connectivity index (χ3v) is 3.81. The van der Waals surface area contributed by atoms with E-state index in [9.17, 15) is 9.59 Å². The molecular formula is C19H20ClN3O4. The van der Waals surface area contributed by atoms with Crippen molar-refractivity contribution in [2.75, 3.05) is 20.8 Å². The molecule has 0 aliphatic heterocycles. The van der Waals surface area contributed by atoms with Crippen molar-refractivity contribution < 1.29 is 19.1 Å². The summed E-state index contributed by atoms with van der Waals surface area (Å²) in [6, 6.07) is 11.8. The van der Waals surface area contributed by atoms with Crippen LogP contribution in [0.15, 0.2) is 47.6 Å². The van der Waals surface area contributed by atoms with Crippen LogP contribution in [0.5, 0.6) is 11.5 Å². The van der Waals surface area contributed by atoms with E-state index in [-0.39, 0.29) is 24.8 Å². The molecular weight excluding hydrogens is 370 g/mol. The van der Waals surface area contributed by atoms with E-state index in [2.05, 4.69) is 15.8 Å². The number of amides is 2. The number of hydrazone groups is 1. The summed E-state index contributed by atoms with van der Waals surface area (Å²) in [5.74, 6) is 0.657.